The minimum absolute atomic E-state index is 0.560. The SMILES string of the molecule is Cc1noc(CCN2CC(C)NCC2C(C)C)n1. The number of hydrogen-bond acceptors (Lipinski definition) is 5. The molecule has 0 aromatic carbocycles. The summed E-state index contributed by atoms with van der Waals surface area (Å²) in [5, 5.41) is 7.39. The van der Waals surface area contributed by atoms with Crippen LogP contribution in [-0.4, -0.2) is 46.8 Å². The summed E-state index contributed by atoms with van der Waals surface area (Å²) < 4.78 is 5.17. The van der Waals surface area contributed by atoms with Crippen molar-refractivity contribution in [2.75, 3.05) is 19.6 Å². The molecule has 0 saturated carbocycles. The maximum Gasteiger partial charge on any atom is 0.227 e. The fourth-order valence-electron chi connectivity index (χ4n) is 2.60. The summed E-state index contributed by atoms with van der Waals surface area (Å²) in [6.07, 6.45) is 0.844. The van der Waals surface area contributed by atoms with Crippen molar-refractivity contribution in [1.82, 2.24) is 20.4 Å². The minimum atomic E-state index is 0.560. The lowest BCUT2D eigenvalue weighted by atomic mass is 9.98. The molecule has 1 fully saturated rings. The first-order valence-electron chi connectivity index (χ1n) is 6.83. The molecule has 5 heteroatoms. The summed E-state index contributed by atoms with van der Waals surface area (Å²) in [6, 6.07) is 1.16. The molecule has 1 aliphatic rings. The van der Waals surface area contributed by atoms with Crippen LogP contribution in [0.2, 0.25) is 0 Å². The van der Waals surface area contributed by atoms with Gasteiger partial charge in [0.15, 0.2) is 5.82 Å². The molecule has 1 aromatic heterocycles. The molecule has 0 spiro atoms. The zero-order valence-corrected chi connectivity index (χ0v) is 11.8. The summed E-state index contributed by atoms with van der Waals surface area (Å²) in [5.74, 6) is 2.13. The third-order valence-electron chi connectivity index (χ3n) is 3.60. The molecule has 1 saturated heterocycles. The van der Waals surface area contributed by atoms with Crippen LogP contribution in [0.4, 0.5) is 0 Å². The number of nitrogens with zero attached hydrogens (tertiary/aromatic N) is 3. The van der Waals surface area contributed by atoms with Crippen LogP contribution in [0.25, 0.3) is 0 Å². The van der Waals surface area contributed by atoms with Crippen molar-refractivity contribution in [3.8, 4) is 0 Å². The second-order valence-corrected chi connectivity index (χ2v) is 5.60. The predicted molar refractivity (Wildman–Crippen MR) is 70.4 cm³/mol. The van der Waals surface area contributed by atoms with Crippen LogP contribution in [0.5, 0.6) is 0 Å². The molecule has 2 heterocycles. The number of hydrogen-bond donors (Lipinski definition) is 1. The lowest BCUT2D eigenvalue weighted by molar-refractivity contribution is 0.102. The van der Waals surface area contributed by atoms with Crippen LogP contribution in [0.3, 0.4) is 0 Å². The molecule has 1 aliphatic heterocycles. The van der Waals surface area contributed by atoms with Crippen molar-refractivity contribution in [2.45, 2.75) is 46.2 Å². The first kappa shape index (κ1) is 13.5. The van der Waals surface area contributed by atoms with Crippen molar-refractivity contribution in [3.05, 3.63) is 11.7 Å². The highest BCUT2D eigenvalue weighted by molar-refractivity contribution is 4.89. The Labute approximate surface area is 109 Å². The van der Waals surface area contributed by atoms with Crippen molar-refractivity contribution < 1.29 is 4.52 Å². The van der Waals surface area contributed by atoms with E-state index in [1.807, 2.05) is 6.92 Å². The summed E-state index contributed by atoms with van der Waals surface area (Å²) in [7, 11) is 0. The van der Waals surface area contributed by atoms with E-state index in [0.717, 1.165) is 37.8 Å². The van der Waals surface area contributed by atoms with Gasteiger partial charge in [-0.2, -0.15) is 4.98 Å². The Morgan fingerprint density at radius 3 is 2.89 bits per heavy atom. The maximum atomic E-state index is 5.17. The monoisotopic (exact) mass is 252 g/mol. The molecule has 1 N–H and O–H groups in total. The van der Waals surface area contributed by atoms with Gasteiger partial charge in [0.1, 0.15) is 0 Å². The molecule has 102 valence electrons. The van der Waals surface area contributed by atoms with Crippen LogP contribution in [0.1, 0.15) is 32.5 Å². The van der Waals surface area contributed by atoms with Crippen LogP contribution in [0, 0.1) is 12.8 Å². The average molecular weight is 252 g/mol. The highest BCUT2D eigenvalue weighted by Crippen LogP contribution is 2.15. The predicted octanol–water partition coefficient (Wildman–Crippen LogP) is 1.24. The van der Waals surface area contributed by atoms with Gasteiger partial charge in [-0.25, -0.2) is 0 Å². The number of nitrogens with one attached hydrogen (secondary N) is 1. The van der Waals surface area contributed by atoms with Gasteiger partial charge >= 0.3 is 0 Å². The van der Waals surface area contributed by atoms with Crippen molar-refractivity contribution in [2.24, 2.45) is 5.92 Å². The first-order valence-corrected chi connectivity index (χ1v) is 6.83. The van der Waals surface area contributed by atoms with E-state index in [-0.39, 0.29) is 0 Å². The highest BCUT2D eigenvalue weighted by Gasteiger charge is 2.27. The first-order chi connectivity index (χ1) is 8.56. The normalized spacial score (nSPS) is 25.8. The topological polar surface area (TPSA) is 54.2 Å². The molecular weight excluding hydrogens is 228 g/mol. The van der Waals surface area contributed by atoms with E-state index in [1.165, 1.54) is 0 Å². The van der Waals surface area contributed by atoms with Gasteiger partial charge < -0.3 is 9.84 Å². The van der Waals surface area contributed by atoms with Gasteiger partial charge in [0, 0.05) is 38.1 Å². The molecule has 2 unspecified atom stereocenters. The second kappa shape index (κ2) is 5.80. The molecule has 18 heavy (non-hydrogen) atoms. The lowest BCUT2D eigenvalue weighted by Crippen LogP contribution is -2.57. The molecule has 2 atom stereocenters. The third-order valence-corrected chi connectivity index (χ3v) is 3.60. The summed E-state index contributed by atoms with van der Waals surface area (Å²) in [6.45, 7) is 11.8. The van der Waals surface area contributed by atoms with Crippen LogP contribution < -0.4 is 5.32 Å². The molecular formula is C13H24N4O. The maximum absolute atomic E-state index is 5.17. The van der Waals surface area contributed by atoms with E-state index in [0.29, 0.717) is 18.0 Å². The fraction of sp³-hybridized carbons (Fsp3) is 0.846. The average Bonchev–Trinajstić information content (AvgIpc) is 2.72. The molecule has 0 radical (unpaired) electrons. The van der Waals surface area contributed by atoms with Gasteiger partial charge in [-0.05, 0) is 19.8 Å². The molecule has 2 rings (SSSR count). The zero-order chi connectivity index (χ0) is 13.1. The van der Waals surface area contributed by atoms with E-state index in [1.54, 1.807) is 0 Å². The Morgan fingerprint density at radius 1 is 1.50 bits per heavy atom. The van der Waals surface area contributed by atoms with Gasteiger partial charge in [0.25, 0.3) is 0 Å². The smallest absolute Gasteiger partial charge is 0.227 e. The Bertz CT molecular complexity index is 377. The Hall–Kier alpha value is -0.940. The number of aryl methyl sites for hydroxylation is 1. The largest absolute Gasteiger partial charge is 0.339 e. The van der Waals surface area contributed by atoms with Crippen LogP contribution in [0.15, 0.2) is 4.52 Å². The third kappa shape index (κ3) is 3.29. The van der Waals surface area contributed by atoms with E-state index < -0.39 is 0 Å². The van der Waals surface area contributed by atoms with Gasteiger partial charge in [0.2, 0.25) is 5.89 Å². The van der Waals surface area contributed by atoms with Crippen molar-refractivity contribution >= 4 is 0 Å². The van der Waals surface area contributed by atoms with Gasteiger partial charge in [0.05, 0.1) is 0 Å². The van der Waals surface area contributed by atoms with E-state index in [4.69, 9.17) is 4.52 Å². The molecule has 0 bridgehead atoms. The highest BCUT2D eigenvalue weighted by atomic mass is 16.5. The summed E-state index contributed by atoms with van der Waals surface area (Å²) >= 11 is 0. The molecule has 1 aromatic rings. The van der Waals surface area contributed by atoms with E-state index in [9.17, 15) is 0 Å². The quantitative estimate of drug-likeness (QED) is 0.873. The zero-order valence-electron chi connectivity index (χ0n) is 11.8. The van der Waals surface area contributed by atoms with Gasteiger partial charge in [-0.1, -0.05) is 19.0 Å². The van der Waals surface area contributed by atoms with Crippen LogP contribution in [-0.2, 0) is 6.42 Å². The van der Waals surface area contributed by atoms with Crippen molar-refractivity contribution in [3.63, 3.8) is 0 Å². The van der Waals surface area contributed by atoms with Crippen LogP contribution >= 0.6 is 0 Å². The standard InChI is InChI=1S/C13H24N4O/c1-9(2)12-7-14-10(3)8-17(12)6-5-13-15-11(4)16-18-13/h9-10,12,14H,5-8H2,1-4H3. The van der Waals surface area contributed by atoms with Gasteiger partial charge in [-0.3, -0.25) is 4.90 Å². The molecule has 5 nitrogen and oxygen atoms in total. The van der Waals surface area contributed by atoms with E-state index >= 15 is 0 Å². The molecule has 0 aliphatic carbocycles. The van der Waals surface area contributed by atoms with Crippen molar-refractivity contribution in [1.29, 1.82) is 0 Å². The molecule has 0 amide bonds. The van der Waals surface area contributed by atoms with Gasteiger partial charge in [-0.15, -0.1) is 0 Å². The minimum Gasteiger partial charge on any atom is -0.339 e. The lowest BCUT2D eigenvalue weighted by Gasteiger charge is -2.41. The fourth-order valence-corrected chi connectivity index (χ4v) is 2.60. The Kier molecular flexibility index (Phi) is 4.35. The number of piperazine rings is 1. The summed E-state index contributed by atoms with van der Waals surface area (Å²) in [5.41, 5.74) is 0. The Morgan fingerprint density at radius 2 is 2.28 bits per heavy atom. The summed E-state index contributed by atoms with van der Waals surface area (Å²) in [4.78, 5) is 6.81. The van der Waals surface area contributed by atoms with E-state index in [2.05, 4.69) is 41.1 Å². The Balaban J connectivity index is 1.92. The second-order valence-electron chi connectivity index (χ2n) is 5.60. The number of aromatic nitrogens is 2. The number of rotatable bonds is 4.